The summed E-state index contributed by atoms with van der Waals surface area (Å²) in [6.45, 7) is 1.94. The van der Waals surface area contributed by atoms with E-state index in [1.165, 1.54) is 18.1 Å². The van der Waals surface area contributed by atoms with Crippen LogP contribution in [-0.4, -0.2) is 31.4 Å². The van der Waals surface area contributed by atoms with Gasteiger partial charge in [-0.2, -0.15) is 5.10 Å². The molecule has 0 aliphatic carbocycles. The third kappa shape index (κ3) is 4.41. The van der Waals surface area contributed by atoms with E-state index in [0.29, 0.717) is 10.7 Å². The van der Waals surface area contributed by atoms with E-state index in [1.54, 1.807) is 10.9 Å². The second-order valence-electron chi connectivity index (χ2n) is 6.44. The number of benzene rings is 2. The minimum Gasteiger partial charge on any atom is -0.349 e. The number of fused-ring (bicyclic) bond motifs is 1. The number of carbonyl (C=O) groups is 1. The molecule has 1 N–H and O–H groups in total. The first-order valence-corrected chi connectivity index (χ1v) is 10.4. The number of halogens is 1. The first kappa shape index (κ1) is 19.4. The first-order valence-electron chi connectivity index (χ1n) is 9.03. The maximum Gasteiger partial charge on any atom is 0.230 e. The van der Waals surface area contributed by atoms with Crippen molar-refractivity contribution in [1.82, 2.24) is 25.1 Å². The van der Waals surface area contributed by atoms with E-state index in [9.17, 15) is 4.79 Å². The third-order valence-corrected chi connectivity index (χ3v) is 5.67. The number of nitrogens with zero attached hydrogens (tertiary/aromatic N) is 4. The molecular formula is C21H18ClN5OS. The molecule has 2 aromatic heterocycles. The monoisotopic (exact) mass is 423 g/mol. The van der Waals surface area contributed by atoms with Crippen molar-refractivity contribution in [3.8, 4) is 5.69 Å². The van der Waals surface area contributed by atoms with Gasteiger partial charge in [0.2, 0.25) is 5.91 Å². The van der Waals surface area contributed by atoms with Crippen molar-refractivity contribution in [2.45, 2.75) is 18.0 Å². The highest BCUT2D eigenvalue weighted by atomic mass is 35.5. The third-order valence-electron chi connectivity index (χ3n) is 4.42. The van der Waals surface area contributed by atoms with Gasteiger partial charge in [-0.1, -0.05) is 53.7 Å². The summed E-state index contributed by atoms with van der Waals surface area (Å²) < 4.78 is 1.77. The van der Waals surface area contributed by atoms with Crippen molar-refractivity contribution in [2.75, 3.05) is 5.75 Å². The fourth-order valence-electron chi connectivity index (χ4n) is 2.95. The minimum atomic E-state index is -0.105. The average Bonchev–Trinajstić information content (AvgIpc) is 3.18. The molecule has 8 heteroatoms. The highest BCUT2D eigenvalue weighted by Gasteiger charge is 2.14. The van der Waals surface area contributed by atoms with Crippen LogP contribution in [0.3, 0.4) is 0 Å². The van der Waals surface area contributed by atoms with Crippen LogP contribution in [0.2, 0.25) is 5.02 Å². The Balaban J connectivity index is 1.45. The number of hydrogen-bond acceptors (Lipinski definition) is 5. The smallest absolute Gasteiger partial charge is 0.230 e. The Kier molecular flexibility index (Phi) is 5.78. The van der Waals surface area contributed by atoms with Crippen LogP contribution in [0.1, 0.15) is 18.5 Å². The van der Waals surface area contributed by atoms with Gasteiger partial charge in [-0.05, 0) is 36.8 Å². The fraction of sp³-hybridized carbons (Fsp3) is 0.143. The van der Waals surface area contributed by atoms with E-state index in [0.717, 1.165) is 21.7 Å². The minimum absolute atomic E-state index is 0.0698. The predicted octanol–water partition coefficient (Wildman–Crippen LogP) is 4.44. The molecule has 0 fully saturated rings. The van der Waals surface area contributed by atoms with Crippen LogP contribution in [-0.2, 0) is 4.79 Å². The van der Waals surface area contributed by atoms with Gasteiger partial charge in [0.15, 0.2) is 5.65 Å². The second-order valence-corrected chi connectivity index (χ2v) is 7.84. The number of rotatable bonds is 6. The first-order chi connectivity index (χ1) is 14.1. The lowest BCUT2D eigenvalue weighted by atomic mass is 10.1. The van der Waals surface area contributed by atoms with Crippen LogP contribution < -0.4 is 5.32 Å². The van der Waals surface area contributed by atoms with Crippen molar-refractivity contribution in [2.24, 2.45) is 0 Å². The molecular weight excluding hydrogens is 406 g/mol. The predicted molar refractivity (Wildman–Crippen MR) is 115 cm³/mol. The molecule has 0 bridgehead atoms. The lowest BCUT2D eigenvalue weighted by Gasteiger charge is -2.14. The van der Waals surface area contributed by atoms with E-state index in [-0.39, 0.29) is 17.7 Å². The quantitative estimate of drug-likeness (QED) is 0.366. The summed E-state index contributed by atoms with van der Waals surface area (Å²) in [6, 6.07) is 17.1. The van der Waals surface area contributed by atoms with Gasteiger partial charge in [0.1, 0.15) is 11.4 Å². The van der Waals surface area contributed by atoms with Crippen LogP contribution in [0, 0.1) is 0 Å². The van der Waals surface area contributed by atoms with Gasteiger partial charge in [-0.3, -0.25) is 4.79 Å². The van der Waals surface area contributed by atoms with Crippen molar-refractivity contribution >= 4 is 40.3 Å². The summed E-state index contributed by atoms with van der Waals surface area (Å²) >= 11 is 7.29. The lowest BCUT2D eigenvalue weighted by molar-refractivity contribution is -0.119. The lowest BCUT2D eigenvalue weighted by Crippen LogP contribution is -2.28. The molecule has 0 saturated heterocycles. The summed E-state index contributed by atoms with van der Waals surface area (Å²) in [5.74, 6) is 0.181. The summed E-state index contributed by atoms with van der Waals surface area (Å²) in [7, 11) is 0. The molecule has 0 aliphatic heterocycles. The van der Waals surface area contributed by atoms with Crippen molar-refractivity contribution in [3.63, 3.8) is 0 Å². The molecule has 146 valence electrons. The van der Waals surface area contributed by atoms with E-state index < -0.39 is 0 Å². The average molecular weight is 424 g/mol. The van der Waals surface area contributed by atoms with Crippen molar-refractivity contribution in [1.29, 1.82) is 0 Å². The highest BCUT2D eigenvalue weighted by Crippen LogP contribution is 2.26. The van der Waals surface area contributed by atoms with Gasteiger partial charge in [0.05, 0.1) is 29.1 Å². The van der Waals surface area contributed by atoms with E-state index in [4.69, 9.17) is 11.6 Å². The Labute approximate surface area is 177 Å². The molecule has 2 aromatic carbocycles. The molecule has 0 radical (unpaired) electrons. The maximum atomic E-state index is 12.4. The van der Waals surface area contributed by atoms with Crippen LogP contribution in [0.4, 0.5) is 0 Å². The van der Waals surface area contributed by atoms with Crippen molar-refractivity contribution in [3.05, 3.63) is 77.7 Å². The number of thioether (sulfide) groups is 1. The highest BCUT2D eigenvalue weighted by molar-refractivity contribution is 8.00. The van der Waals surface area contributed by atoms with Gasteiger partial charge in [0, 0.05) is 5.02 Å². The standard InChI is InChI=1S/C21H18ClN5OS/c1-14(15-7-9-16(22)10-8-15)26-19(28)12-29-21-18-11-25-27(20(18)23-13-24-21)17-5-3-2-4-6-17/h2-11,13-14H,12H2,1H3,(H,26,28). The van der Waals surface area contributed by atoms with Gasteiger partial charge >= 0.3 is 0 Å². The Hall–Kier alpha value is -2.90. The van der Waals surface area contributed by atoms with Gasteiger partial charge in [-0.25, -0.2) is 14.6 Å². The molecule has 4 aromatic rings. The summed E-state index contributed by atoms with van der Waals surface area (Å²) in [4.78, 5) is 21.1. The summed E-state index contributed by atoms with van der Waals surface area (Å²) in [5, 5.41) is 9.66. The number of amides is 1. The van der Waals surface area contributed by atoms with Gasteiger partial charge in [0.25, 0.3) is 0 Å². The van der Waals surface area contributed by atoms with Crippen LogP contribution in [0.5, 0.6) is 0 Å². The Morgan fingerprint density at radius 3 is 2.66 bits per heavy atom. The van der Waals surface area contributed by atoms with E-state index in [2.05, 4.69) is 20.4 Å². The molecule has 4 rings (SSSR count). The molecule has 2 heterocycles. The van der Waals surface area contributed by atoms with E-state index in [1.807, 2.05) is 61.5 Å². The van der Waals surface area contributed by atoms with Gasteiger partial charge in [-0.15, -0.1) is 0 Å². The van der Waals surface area contributed by atoms with Crippen LogP contribution in [0.15, 0.2) is 72.1 Å². The molecule has 0 spiro atoms. The molecule has 1 amide bonds. The number of aromatic nitrogens is 4. The maximum absolute atomic E-state index is 12.4. The summed E-state index contributed by atoms with van der Waals surface area (Å²) in [5.41, 5.74) is 2.64. The normalized spacial score (nSPS) is 12.1. The Morgan fingerprint density at radius 2 is 1.90 bits per heavy atom. The molecule has 29 heavy (non-hydrogen) atoms. The largest absolute Gasteiger partial charge is 0.349 e. The SMILES string of the molecule is CC(NC(=O)CSc1ncnc2c1cnn2-c1ccccc1)c1ccc(Cl)cc1. The topological polar surface area (TPSA) is 72.7 Å². The van der Waals surface area contributed by atoms with Crippen molar-refractivity contribution < 1.29 is 4.79 Å². The number of nitrogens with one attached hydrogen (secondary N) is 1. The van der Waals surface area contributed by atoms with Gasteiger partial charge < -0.3 is 5.32 Å². The number of carbonyl (C=O) groups excluding carboxylic acids is 1. The zero-order chi connectivity index (χ0) is 20.2. The fourth-order valence-corrected chi connectivity index (χ4v) is 3.85. The molecule has 0 aliphatic rings. The zero-order valence-corrected chi connectivity index (χ0v) is 17.2. The Morgan fingerprint density at radius 1 is 1.14 bits per heavy atom. The molecule has 6 nitrogen and oxygen atoms in total. The Bertz CT molecular complexity index is 1130. The van der Waals surface area contributed by atoms with E-state index >= 15 is 0 Å². The molecule has 0 saturated carbocycles. The van der Waals surface area contributed by atoms with Crippen LogP contribution in [0.25, 0.3) is 16.7 Å². The molecule has 1 atom stereocenters. The molecule has 1 unspecified atom stereocenters. The summed E-state index contributed by atoms with van der Waals surface area (Å²) in [6.07, 6.45) is 3.24. The second kappa shape index (κ2) is 8.63. The zero-order valence-electron chi connectivity index (χ0n) is 15.6. The van der Waals surface area contributed by atoms with Crippen LogP contribution >= 0.6 is 23.4 Å². The number of hydrogen-bond donors (Lipinski definition) is 1. The number of para-hydroxylation sites is 1.